The first kappa shape index (κ1) is 19.6. The molecule has 0 amide bonds. The quantitative estimate of drug-likeness (QED) is 0.704. The molecule has 0 bridgehead atoms. The van der Waals surface area contributed by atoms with Crippen LogP contribution in [0.5, 0.6) is 5.75 Å². The number of hydrogen-bond donors (Lipinski definition) is 1. The van der Waals surface area contributed by atoms with E-state index in [9.17, 15) is 0 Å². The topological polar surface area (TPSA) is 33.7 Å². The zero-order valence-electron chi connectivity index (χ0n) is 16.1. The summed E-state index contributed by atoms with van der Waals surface area (Å²) in [6.07, 6.45) is 3.41. The van der Waals surface area contributed by atoms with Gasteiger partial charge in [0.15, 0.2) is 5.11 Å². The molecule has 1 atom stereocenters. The second-order valence-electron chi connectivity index (χ2n) is 6.81. The van der Waals surface area contributed by atoms with Gasteiger partial charge in [0.2, 0.25) is 0 Å². The second kappa shape index (κ2) is 9.72. The average Bonchev–Trinajstić information content (AvgIpc) is 3.21. The Balaban J connectivity index is 1.76. The standard InChI is InChI=1S/C22H28N2O2S/c1-3-18-9-4-5-12-21(18)23-22(27)24(16-20-11-7-13-26-20)15-17-8-6-10-19(14-17)25-2/h4-6,8-10,12,14,20H,3,7,11,13,15-16H2,1-2H3,(H,23,27). The minimum Gasteiger partial charge on any atom is -0.497 e. The highest BCUT2D eigenvalue weighted by molar-refractivity contribution is 7.80. The predicted molar refractivity (Wildman–Crippen MR) is 114 cm³/mol. The monoisotopic (exact) mass is 384 g/mol. The molecule has 5 heteroatoms. The lowest BCUT2D eigenvalue weighted by Crippen LogP contribution is -2.39. The molecular weight excluding hydrogens is 356 g/mol. The zero-order valence-corrected chi connectivity index (χ0v) is 16.9. The van der Waals surface area contributed by atoms with Crippen LogP contribution in [0, 0.1) is 0 Å². The number of aryl methyl sites for hydroxylation is 1. The molecule has 0 spiro atoms. The predicted octanol–water partition coefficient (Wildman–Crippen LogP) is 4.64. The van der Waals surface area contributed by atoms with Crippen LogP contribution in [-0.4, -0.2) is 36.4 Å². The van der Waals surface area contributed by atoms with Crippen LogP contribution in [-0.2, 0) is 17.7 Å². The van der Waals surface area contributed by atoms with Gasteiger partial charge in [0, 0.05) is 25.4 Å². The first-order valence-corrected chi connectivity index (χ1v) is 9.98. The fourth-order valence-corrected chi connectivity index (χ4v) is 3.64. The highest BCUT2D eigenvalue weighted by Gasteiger charge is 2.21. The van der Waals surface area contributed by atoms with E-state index in [0.717, 1.165) is 55.5 Å². The Labute approximate surface area is 167 Å². The number of thiocarbonyl (C=S) groups is 1. The maximum Gasteiger partial charge on any atom is 0.173 e. The Bertz CT molecular complexity index is 759. The van der Waals surface area contributed by atoms with Gasteiger partial charge < -0.3 is 19.7 Å². The molecule has 0 aromatic heterocycles. The van der Waals surface area contributed by atoms with E-state index in [1.165, 1.54) is 11.1 Å². The first-order chi connectivity index (χ1) is 13.2. The van der Waals surface area contributed by atoms with E-state index in [0.29, 0.717) is 0 Å². The molecule has 1 fully saturated rings. The van der Waals surface area contributed by atoms with Gasteiger partial charge in [-0.1, -0.05) is 37.3 Å². The molecule has 0 saturated carbocycles. The van der Waals surface area contributed by atoms with E-state index in [4.69, 9.17) is 21.7 Å². The minimum atomic E-state index is 0.233. The molecule has 2 aromatic rings. The molecule has 4 nitrogen and oxygen atoms in total. The summed E-state index contributed by atoms with van der Waals surface area (Å²) in [5, 5.41) is 4.19. The van der Waals surface area contributed by atoms with Crippen molar-refractivity contribution >= 4 is 23.0 Å². The number of methoxy groups -OCH3 is 1. The lowest BCUT2D eigenvalue weighted by Gasteiger charge is -2.29. The highest BCUT2D eigenvalue weighted by Crippen LogP contribution is 2.20. The Hall–Kier alpha value is -2.11. The molecule has 2 aromatic carbocycles. The van der Waals surface area contributed by atoms with Gasteiger partial charge in [0.1, 0.15) is 5.75 Å². The van der Waals surface area contributed by atoms with E-state index in [1.54, 1.807) is 7.11 Å². The molecule has 1 N–H and O–H groups in total. The van der Waals surface area contributed by atoms with E-state index in [1.807, 2.05) is 18.2 Å². The molecule has 3 rings (SSSR count). The SMILES string of the molecule is CCc1ccccc1NC(=S)N(Cc1cccc(OC)c1)CC1CCCO1. The number of hydrogen-bond acceptors (Lipinski definition) is 3. The van der Waals surface area contributed by atoms with Crippen LogP contribution in [0.4, 0.5) is 5.69 Å². The van der Waals surface area contributed by atoms with Crippen molar-refractivity contribution in [3.8, 4) is 5.75 Å². The Morgan fingerprint density at radius 2 is 2.11 bits per heavy atom. The summed E-state index contributed by atoms with van der Waals surface area (Å²) < 4.78 is 11.2. The number of rotatable bonds is 7. The fraction of sp³-hybridized carbons (Fsp3) is 0.409. The maximum atomic E-state index is 5.86. The summed E-state index contributed by atoms with van der Waals surface area (Å²) >= 11 is 5.79. The van der Waals surface area contributed by atoms with E-state index in [-0.39, 0.29) is 6.10 Å². The van der Waals surface area contributed by atoms with Gasteiger partial charge in [-0.2, -0.15) is 0 Å². The van der Waals surface area contributed by atoms with Crippen LogP contribution >= 0.6 is 12.2 Å². The second-order valence-corrected chi connectivity index (χ2v) is 7.19. The smallest absolute Gasteiger partial charge is 0.173 e. The highest BCUT2D eigenvalue weighted by atomic mass is 32.1. The molecule has 27 heavy (non-hydrogen) atoms. The molecule has 1 aliphatic heterocycles. The molecule has 1 unspecified atom stereocenters. The van der Waals surface area contributed by atoms with Crippen molar-refractivity contribution in [2.75, 3.05) is 25.6 Å². The van der Waals surface area contributed by atoms with E-state index in [2.05, 4.69) is 47.5 Å². The third-order valence-corrected chi connectivity index (χ3v) is 5.24. The lowest BCUT2D eigenvalue weighted by atomic mass is 10.1. The van der Waals surface area contributed by atoms with Crippen LogP contribution in [0.2, 0.25) is 0 Å². The van der Waals surface area contributed by atoms with Gasteiger partial charge in [0.25, 0.3) is 0 Å². The van der Waals surface area contributed by atoms with Crippen molar-refractivity contribution in [3.05, 3.63) is 59.7 Å². The van der Waals surface area contributed by atoms with Gasteiger partial charge in [0.05, 0.1) is 13.2 Å². The first-order valence-electron chi connectivity index (χ1n) is 9.58. The van der Waals surface area contributed by atoms with Gasteiger partial charge >= 0.3 is 0 Å². The summed E-state index contributed by atoms with van der Waals surface area (Å²) in [4.78, 5) is 2.20. The normalized spacial score (nSPS) is 16.1. The molecule has 0 radical (unpaired) electrons. The maximum absolute atomic E-state index is 5.86. The zero-order chi connectivity index (χ0) is 19.1. The van der Waals surface area contributed by atoms with Crippen LogP contribution in [0.1, 0.15) is 30.9 Å². The summed E-state index contributed by atoms with van der Waals surface area (Å²) in [5.41, 5.74) is 3.51. The molecule has 0 aliphatic carbocycles. The third-order valence-electron chi connectivity index (χ3n) is 4.88. The Morgan fingerprint density at radius 3 is 2.85 bits per heavy atom. The molecular formula is C22H28N2O2S. The van der Waals surface area contributed by atoms with Gasteiger partial charge in [-0.15, -0.1) is 0 Å². The van der Waals surface area contributed by atoms with Crippen LogP contribution in [0.25, 0.3) is 0 Å². The summed E-state index contributed by atoms with van der Waals surface area (Å²) in [6.45, 7) is 4.51. The van der Waals surface area contributed by atoms with Crippen molar-refractivity contribution in [3.63, 3.8) is 0 Å². The van der Waals surface area contributed by atoms with Crippen LogP contribution < -0.4 is 10.1 Å². The number of benzene rings is 2. The van der Waals surface area contributed by atoms with Crippen molar-refractivity contribution in [2.45, 2.75) is 38.8 Å². The third kappa shape index (κ3) is 5.44. The van der Waals surface area contributed by atoms with E-state index < -0.39 is 0 Å². The molecule has 1 aliphatic rings. The lowest BCUT2D eigenvalue weighted by molar-refractivity contribution is 0.0905. The van der Waals surface area contributed by atoms with Crippen molar-refractivity contribution in [1.82, 2.24) is 4.90 Å². The number of para-hydroxylation sites is 1. The summed E-state index contributed by atoms with van der Waals surface area (Å²) in [7, 11) is 1.69. The number of ether oxygens (including phenoxy) is 2. The molecule has 1 saturated heterocycles. The summed E-state index contributed by atoms with van der Waals surface area (Å²) in [6, 6.07) is 16.5. The van der Waals surface area contributed by atoms with Gasteiger partial charge in [-0.3, -0.25) is 0 Å². The van der Waals surface area contributed by atoms with E-state index >= 15 is 0 Å². The molecule has 144 valence electrons. The fourth-order valence-electron chi connectivity index (χ4n) is 3.39. The number of anilines is 1. The Morgan fingerprint density at radius 1 is 1.26 bits per heavy atom. The Kier molecular flexibility index (Phi) is 7.07. The van der Waals surface area contributed by atoms with Crippen LogP contribution in [0.15, 0.2) is 48.5 Å². The van der Waals surface area contributed by atoms with Crippen LogP contribution in [0.3, 0.4) is 0 Å². The average molecular weight is 385 g/mol. The summed E-state index contributed by atoms with van der Waals surface area (Å²) in [5.74, 6) is 0.861. The van der Waals surface area contributed by atoms with Gasteiger partial charge in [-0.05, 0) is 60.8 Å². The largest absolute Gasteiger partial charge is 0.497 e. The number of nitrogens with one attached hydrogen (secondary N) is 1. The number of nitrogens with zero attached hydrogens (tertiary/aromatic N) is 1. The van der Waals surface area contributed by atoms with Gasteiger partial charge in [-0.25, -0.2) is 0 Å². The molecule has 1 heterocycles. The van der Waals surface area contributed by atoms with Crippen molar-refractivity contribution in [2.24, 2.45) is 0 Å². The van der Waals surface area contributed by atoms with Crippen molar-refractivity contribution in [1.29, 1.82) is 0 Å². The van der Waals surface area contributed by atoms with Crippen molar-refractivity contribution < 1.29 is 9.47 Å². The minimum absolute atomic E-state index is 0.233.